The highest BCUT2D eigenvalue weighted by Crippen LogP contribution is 2.55. The predicted octanol–water partition coefficient (Wildman–Crippen LogP) is 0.170. The van der Waals surface area contributed by atoms with Crippen molar-refractivity contribution in [2.75, 3.05) is 13.1 Å². The van der Waals surface area contributed by atoms with Crippen LogP contribution < -0.4 is 5.32 Å². The molecule has 1 saturated heterocycles. The second-order valence-corrected chi connectivity index (χ2v) is 3.79. The summed E-state index contributed by atoms with van der Waals surface area (Å²) in [6.45, 7) is 2.36. The average Bonchev–Trinajstić information content (AvgIpc) is 2.56. The average molecular weight is 201 g/mol. The molecule has 1 aromatic rings. The lowest BCUT2D eigenvalue weighted by Crippen LogP contribution is -2.15. The standard InChI is InChI=1S/C8H12N4.ClH/c1-12-7(4-10-11-12)8-5-2-9-3-6(5)8;/h4-6,8-9H,2-3H2,1H3;1H. The summed E-state index contributed by atoms with van der Waals surface area (Å²) in [4.78, 5) is 0. The summed E-state index contributed by atoms with van der Waals surface area (Å²) >= 11 is 0. The minimum atomic E-state index is 0. The Morgan fingerprint density at radius 3 is 2.69 bits per heavy atom. The maximum absolute atomic E-state index is 3.95. The number of rotatable bonds is 1. The molecule has 0 amide bonds. The monoisotopic (exact) mass is 200 g/mol. The molecular weight excluding hydrogens is 188 g/mol. The number of nitrogens with one attached hydrogen (secondary N) is 1. The van der Waals surface area contributed by atoms with Gasteiger partial charge in [0, 0.05) is 13.0 Å². The topological polar surface area (TPSA) is 42.7 Å². The Labute approximate surface area is 83.1 Å². The molecule has 1 aliphatic carbocycles. The number of hydrogen-bond acceptors (Lipinski definition) is 3. The molecule has 13 heavy (non-hydrogen) atoms. The van der Waals surface area contributed by atoms with Crippen molar-refractivity contribution in [3.05, 3.63) is 11.9 Å². The van der Waals surface area contributed by atoms with Crippen molar-refractivity contribution in [3.63, 3.8) is 0 Å². The molecule has 2 heterocycles. The zero-order chi connectivity index (χ0) is 8.13. The van der Waals surface area contributed by atoms with Crippen LogP contribution in [0.4, 0.5) is 0 Å². The second-order valence-electron chi connectivity index (χ2n) is 3.79. The van der Waals surface area contributed by atoms with Crippen LogP contribution in [-0.4, -0.2) is 28.1 Å². The fourth-order valence-corrected chi connectivity index (χ4v) is 2.46. The van der Waals surface area contributed by atoms with Gasteiger partial charge in [0.15, 0.2) is 0 Å². The van der Waals surface area contributed by atoms with E-state index in [2.05, 4.69) is 15.6 Å². The maximum atomic E-state index is 3.95. The summed E-state index contributed by atoms with van der Waals surface area (Å²) in [7, 11) is 1.98. The van der Waals surface area contributed by atoms with Crippen molar-refractivity contribution in [3.8, 4) is 0 Å². The number of hydrogen-bond donors (Lipinski definition) is 1. The minimum Gasteiger partial charge on any atom is -0.316 e. The quantitative estimate of drug-likeness (QED) is 0.703. The lowest BCUT2D eigenvalue weighted by Gasteiger charge is -2.02. The molecule has 1 N–H and O–H groups in total. The van der Waals surface area contributed by atoms with E-state index in [1.54, 1.807) is 0 Å². The Balaban J connectivity index is 0.000000653. The molecule has 0 aromatic carbocycles. The van der Waals surface area contributed by atoms with Crippen molar-refractivity contribution < 1.29 is 0 Å². The van der Waals surface area contributed by atoms with Crippen LogP contribution in [0.2, 0.25) is 0 Å². The van der Waals surface area contributed by atoms with Crippen molar-refractivity contribution in [1.82, 2.24) is 20.3 Å². The van der Waals surface area contributed by atoms with Gasteiger partial charge in [-0.2, -0.15) is 0 Å². The first-order valence-electron chi connectivity index (χ1n) is 4.43. The van der Waals surface area contributed by atoms with Gasteiger partial charge in [-0.05, 0) is 24.9 Å². The molecule has 4 nitrogen and oxygen atoms in total. The Morgan fingerprint density at radius 1 is 1.46 bits per heavy atom. The van der Waals surface area contributed by atoms with Crippen LogP contribution in [0.1, 0.15) is 11.6 Å². The fraction of sp³-hybridized carbons (Fsp3) is 0.750. The van der Waals surface area contributed by atoms with Crippen molar-refractivity contribution in [1.29, 1.82) is 0 Å². The highest BCUT2D eigenvalue weighted by atomic mass is 35.5. The first-order chi connectivity index (χ1) is 5.88. The molecule has 2 unspecified atom stereocenters. The molecule has 1 aliphatic heterocycles. The van der Waals surface area contributed by atoms with Gasteiger partial charge in [-0.25, -0.2) is 0 Å². The van der Waals surface area contributed by atoms with Crippen LogP contribution in [0.3, 0.4) is 0 Å². The highest BCUT2D eigenvalue weighted by molar-refractivity contribution is 5.85. The van der Waals surface area contributed by atoms with Crippen molar-refractivity contribution in [2.45, 2.75) is 5.92 Å². The van der Waals surface area contributed by atoms with E-state index in [1.165, 1.54) is 18.8 Å². The van der Waals surface area contributed by atoms with Gasteiger partial charge >= 0.3 is 0 Å². The fourth-order valence-electron chi connectivity index (χ4n) is 2.46. The molecule has 2 atom stereocenters. The smallest absolute Gasteiger partial charge is 0.0728 e. The first kappa shape index (κ1) is 8.97. The highest BCUT2D eigenvalue weighted by Gasteiger charge is 2.54. The van der Waals surface area contributed by atoms with Crippen LogP contribution in [0.25, 0.3) is 0 Å². The molecule has 2 fully saturated rings. The summed E-state index contributed by atoms with van der Waals surface area (Å²) in [5.41, 5.74) is 1.31. The number of halogens is 1. The van der Waals surface area contributed by atoms with Gasteiger partial charge in [0.25, 0.3) is 0 Å². The normalized spacial score (nSPS) is 35.3. The lowest BCUT2D eigenvalue weighted by atomic mass is 10.2. The van der Waals surface area contributed by atoms with Crippen LogP contribution in [0.5, 0.6) is 0 Å². The van der Waals surface area contributed by atoms with Crippen molar-refractivity contribution >= 4 is 12.4 Å². The molecule has 0 bridgehead atoms. The van der Waals surface area contributed by atoms with Gasteiger partial charge in [-0.3, -0.25) is 4.68 Å². The minimum absolute atomic E-state index is 0. The predicted molar refractivity (Wildman–Crippen MR) is 50.8 cm³/mol. The first-order valence-corrected chi connectivity index (χ1v) is 4.43. The zero-order valence-electron chi connectivity index (χ0n) is 7.47. The number of aromatic nitrogens is 3. The molecule has 5 heteroatoms. The van der Waals surface area contributed by atoms with E-state index in [1.807, 2.05) is 17.9 Å². The molecule has 0 radical (unpaired) electrons. The molecular formula is C8H13ClN4. The number of nitrogens with zero attached hydrogens (tertiary/aromatic N) is 3. The summed E-state index contributed by atoms with van der Waals surface area (Å²) in [6, 6.07) is 0. The molecule has 1 aromatic heterocycles. The van der Waals surface area contributed by atoms with E-state index >= 15 is 0 Å². The van der Waals surface area contributed by atoms with E-state index in [9.17, 15) is 0 Å². The third-order valence-corrected chi connectivity index (χ3v) is 3.18. The molecule has 2 aliphatic rings. The van der Waals surface area contributed by atoms with Gasteiger partial charge in [-0.15, -0.1) is 17.5 Å². The molecule has 1 saturated carbocycles. The Bertz CT molecular complexity index is 301. The Kier molecular flexibility index (Phi) is 2.04. The van der Waals surface area contributed by atoms with Crippen molar-refractivity contribution in [2.24, 2.45) is 18.9 Å². The van der Waals surface area contributed by atoms with E-state index < -0.39 is 0 Å². The number of piperidine rings is 1. The molecule has 0 spiro atoms. The lowest BCUT2D eigenvalue weighted by molar-refractivity contribution is 0.621. The largest absolute Gasteiger partial charge is 0.316 e. The second kappa shape index (κ2) is 2.96. The van der Waals surface area contributed by atoms with Crippen LogP contribution in [0, 0.1) is 11.8 Å². The number of aryl methyl sites for hydroxylation is 1. The molecule has 72 valence electrons. The molecule has 3 rings (SSSR count). The van der Waals surface area contributed by atoms with Crippen LogP contribution in [-0.2, 0) is 7.05 Å². The summed E-state index contributed by atoms with van der Waals surface area (Å²) in [5, 5.41) is 11.2. The SMILES string of the molecule is Cl.Cn1nncc1C1C2CNCC21. The Hall–Kier alpha value is -0.610. The van der Waals surface area contributed by atoms with Gasteiger partial charge in [0.05, 0.1) is 11.9 Å². The van der Waals surface area contributed by atoms with E-state index in [4.69, 9.17) is 0 Å². The summed E-state index contributed by atoms with van der Waals surface area (Å²) < 4.78 is 1.91. The van der Waals surface area contributed by atoms with Gasteiger partial charge in [-0.1, -0.05) is 5.21 Å². The van der Waals surface area contributed by atoms with Gasteiger partial charge in [0.2, 0.25) is 0 Å². The summed E-state index contributed by atoms with van der Waals surface area (Å²) in [6.07, 6.45) is 1.91. The van der Waals surface area contributed by atoms with Crippen LogP contribution >= 0.6 is 12.4 Å². The number of fused-ring (bicyclic) bond motifs is 1. The maximum Gasteiger partial charge on any atom is 0.0728 e. The van der Waals surface area contributed by atoms with E-state index in [0.29, 0.717) is 0 Å². The summed E-state index contributed by atoms with van der Waals surface area (Å²) in [5.74, 6) is 2.47. The third kappa shape index (κ3) is 1.16. The van der Waals surface area contributed by atoms with Crippen LogP contribution in [0.15, 0.2) is 6.20 Å². The van der Waals surface area contributed by atoms with E-state index in [0.717, 1.165) is 17.8 Å². The van der Waals surface area contributed by atoms with Gasteiger partial charge in [0.1, 0.15) is 0 Å². The Morgan fingerprint density at radius 2 is 2.15 bits per heavy atom. The zero-order valence-corrected chi connectivity index (χ0v) is 8.29. The van der Waals surface area contributed by atoms with Gasteiger partial charge < -0.3 is 5.32 Å². The van der Waals surface area contributed by atoms with E-state index in [-0.39, 0.29) is 12.4 Å². The third-order valence-electron chi connectivity index (χ3n) is 3.18.